The number of carbonyl (C=O) groups excluding carboxylic acids is 2. The molecule has 1 aromatic carbocycles. The zero-order chi connectivity index (χ0) is 18.0. The molecule has 0 bridgehead atoms. The van der Waals surface area contributed by atoms with Gasteiger partial charge in [-0.15, -0.1) is 0 Å². The Labute approximate surface area is 144 Å². The van der Waals surface area contributed by atoms with Gasteiger partial charge in [0.15, 0.2) is 0 Å². The van der Waals surface area contributed by atoms with Crippen molar-refractivity contribution in [2.75, 3.05) is 23.9 Å². The van der Waals surface area contributed by atoms with Crippen LogP contribution in [0.15, 0.2) is 35.1 Å². The number of aryl methyl sites for hydroxylation is 1. The molecule has 0 aliphatic carbocycles. The van der Waals surface area contributed by atoms with Crippen molar-refractivity contribution in [1.82, 2.24) is 9.78 Å². The first-order chi connectivity index (χ1) is 12.0. The van der Waals surface area contributed by atoms with Gasteiger partial charge < -0.3 is 15.0 Å². The minimum absolute atomic E-state index is 0.0597. The van der Waals surface area contributed by atoms with Crippen LogP contribution in [0.1, 0.15) is 23.3 Å². The van der Waals surface area contributed by atoms with Gasteiger partial charge in [0.1, 0.15) is 11.4 Å². The molecule has 0 saturated carbocycles. The maximum atomic E-state index is 12.3. The summed E-state index contributed by atoms with van der Waals surface area (Å²) in [6.45, 7) is 0.656. The highest BCUT2D eigenvalue weighted by molar-refractivity contribution is 6.03. The largest absolute Gasteiger partial charge is 0.494 e. The Morgan fingerprint density at radius 2 is 2.04 bits per heavy atom. The molecule has 8 heteroatoms. The molecule has 1 aliphatic rings. The topological polar surface area (TPSA) is 93.5 Å². The first-order valence-corrected chi connectivity index (χ1v) is 7.83. The maximum absolute atomic E-state index is 12.3. The van der Waals surface area contributed by atoms with E-state index in [0.717, 1.165) is 11.1 Å². The van der Waals surface area contributed by atoms with Crippen LogP contribution in [0.4, 0.5) is 11.4 Å². The van der Waals surface area contributed by atoms with Gasteiger partial charge in [-0.05, 0) is 24.6 Å². The molecular formula is C17H18N4O4. The van der Waals surface area contributed by atoms with E-state index in [-0.39, 0.29) is 17.2 Å². The van der Waals surface area contributed by atoms with Gasteiger partial charge in [0.2, 0.25) is 5.91 Å². The summed E-state index contributed by atoms with van der Waals surface area (Å²) in [6, 6.07) is 7.74. The second kappa shape index (κ2) is 6.76. The Kier molecular flexibility index (Phi) is 4.51. The van der Waals surface area contributed by atoms with Crippen molar-refractivity contribution in [3.8, 4) is 5.75 Å². The number of carbonyl (C=O) groups is 2. The molecule has 1 aliphatic heterocycles. The molecule has 0 radical (unpaired) electrons. The fraction of sp³-hybridized carbons (Fsp3) is 0.294. The number of methoxy groups -OCH3 is 1. The molecule has 0 spiro atoms. The van der Waals surface area contributed by atoms with E-state index < -0.39 is 5.91 Å². The van der Waals surface area contributed by atoms with Crippen LogP contribution >= 0.6 is 0 Å². The number of nitrogens with zero attached hydrogens (tertiary/aromatic N) is 3. The Morgan fingerprint density at radius 1 is 1.24 bits per heavy atom. The molecule has 0 unspecified atom stereocenters. The normalized spacial score (nSPS) is 13.8. The summed E-state index contributed by atoms with van der Waals surface area (Å²) < 4.78 is 6.46. The standard InChI is InChI=1S/C17H18N4O4/c1-20-15(22)8-6-12(19-20)17(24)18-11-5-7-13(14(10-11)25-2)21-9-3-4-16(21)23/h5-8,10H,3-4,9H2,1-2H3,(H,18,24). The summed E-state index contributed by atoms with van der Waals surface area (Å²) in [7, 11) is 2.99. The summed E-state index contributed by atoms with van der Waals surface area (Å²) in [5.74, 6) is 0.119. The third kappa shape index (κ3) is 3.37. The average molecular weight is 342 g/mol. The molecule has 1 aromatic heterocycles. The van der Waals surface area contributed by atoms with Gasteiger partial charge in [0, 0.05) is 37.8 Å². The Bertz CT molecular complexity index is 890. The highest BCUT2D eigenvalue weighted by Gasteiger charge is 2.24. The van der Waals surface area contributed by atoms with Gasteiger partial charge in [-0.2, -0.15) is 5.10 Å². The van der Waals surface area contributed by atoms with E-state index >= 15 is 0 Å². The number of benzene rings is 1. The minimum Gasteiger partial charge on any atom is -0.494 e. The summed E-state index contributed by atoms with van der Waals surface area (Å²) in [5, 5.41) is 6.62. The molecule has 1 fully saturated rings. The van der Waals surface area contributed by atoms with Crippen LogP contribution in [0.25, 0.3) is 0 Å². The van der Waals surface area contributed by atoms with Gasteiger partial charge in [0.05, 0.1) is 12.8 Å². The predicted octanol–water partition coefficient (Wildman–Crippen LogP) is 1.17. The summed E-state index contributed by atoms with van der Waals surface area (Å²) in [6.07, 6.45) is 1.35. The lowest BCUT2D eigenvalue weighted by Crippen LogP contribution is -2.25. The van der Waals surface area contributed by atoms with E-state index in [4.69, 9.17) is 4.74 Å². The highest BCUT2D eigenvalue weighted by Crippen LogP contribution is 2.33. The molecule has 0 atom stereocenters. The van der Waals surface area contributed by atoms with Crippen molar-refractivity contribution in [2.45, 2.75) is 12.8 Å². The Morgan fingerprint density at radius 3 is 2.68 bits per heavy atom. The summed E-state index contributed by atoms with van der Waals surface area (Å²) in [4.78, 5) is 37.2. The number of ether oxygens (including phenoxy) is 1. The van der Waals surface area contributed by atoms with Crippen LogP contribution in [0.3, 0.4) is 0 Å². The molecule has 2 heterocycles. The smallest absolute Gasteiger partial charge is 0.276 e. The van der Waals surface area contributed by atoms with Crippen molar-refractivity contribution in [3.05, 3.63) is 46.4 Å². The number of hydrogen-bond acceptors (Lipinski definition) is 5. The van der Waals surface area contributed by atoms with Crippen LogP contribution in [-0.4, -0.2) is 35.2 Å². The molecule has 1 saturated heterocycles. The third-order valence-electron chi connectivity index (χ3n) is 3.99. The molecule has 8 nitrogen and oxygen atoms in total. The summed E-state index contributed by atoms with van der Waals surface area (Å²) in [5.41, 5.74) is 1.02. The van der Waals surface area contributed by atoms with E-state index in [1.54, 1.807) is 23.1 Å². The van der Waals surface area contributed by atoms with E-state index in [9.17, 15) is 14.4 Å². The molecule has 3 rings (SSSR count). The van der Waals surface area contributed by atoms with Gasteiger partial charge in [-0.3, -0.25) is 14.4 Å². The number of aromatic nitrogens is 2. The van der Waals surface area contributed by atoms with Crippen LogP contribution in [0.2, 0.25) is 0 Å². The molecule has 130 valence electrons. The quantitative estimate of drug-likeness (QED) is 0.900. The number of amides is 2. The van der Waals surface area contributed by atoms with Gasteiger partial charge in [0.25, 0.3) is 11.5 Å². The monoisotopic (exact) mass is 342 g/mol. The summed E-state index contributed by atoms with van der Waals surface area (Å²) >= 11 is 0. The van der Waals surface area contributed by atoms with Crippen LogP contribution in [0, 0.1) is 0 Å². The van der Waals surface area contributed by atoms with Crippen molar-refractivity contribution >= 4 is 23.2 Å². The third-order valence-corrected chi connectivity index (χ3v) is 3.99. The predicted molar refractivity (Wildman–Crippen MR) is 92.0 cm³/mol. The molecule has 2 amide bonds. The molecule has 25 heavy (non-hydrogen) atoms. The lowest BCUT2D eigenvalue weighted by atomic mass is 10.2. The van der Waals surface area contributed by atoms with E-state index in [1.807, 2.05) is 0 Å². The average Bonchev–Trinajstić information content (AvgIpc) is 3.03. The first-order valence-electron chi connectivity index (χ1n) is 7.83. The Balaban J connectivity index is 1.83. The number of nitrogens with one attached hydrogen (secondary N) is 1. The zero-order valence-electron chi connectivity index (χ0n) is 14.0. The fourth-order valence-electron chi connectivity index (χ4n) is 2.70. The molecule has 1 N–H and O–H groups in total. The fourth-order valence-corrected chi connectivity index (χ4v) is 2.70. The highest BCUT2D eigenvalue weighted by atomic mass is 16.5. The lowest BCUT2D eigenvalue weighted by Gasteiger charge is -2.19. The maximum Gasteiger partial charge on any atom is 0.276 e. The van der Waals surface area contributed by atoms with Gasteiger partial charge >= 0.3 is 0 Å². The van der Waals surface area contributed by atoms with Crippen LogP contribution < -0.4 is 20.5 Å². The van der Waals surface area contributed by atoms with E-state index in [0.29, 0.717) is 30.1 Å². The molecular weight excluding hydrogens is 324 g/mol. The SMILES string of the molecule is COc1cc(NC(=O)c2ccc(=O)n(C)n2)ccc1N1CCCC1=O. The van der Waals surface area contributed by atoms with Crippen molar-refractivity contribution in [2.24, 2.45) is 7.05 Å². The zero-order valence-corrected chi connectivity index (χ0v) is 14.0. The Hall–Kier alpha value is -3.16. The minimum atomic E-state index is -0.442. The second-order valence-electron chi connectivity index (χ2n) is 5.67. The van der Waals surface area contributed by atoms with Gasteiger partial charge in [-0.25, -0.2) is 4.68 Å². The second-order valence-corrected chi connectivity index (χ2v) is 5.67. The van der Waals surface area contributed by atoms with Crippen molar-refractivity contribution in [1.29, 1.82) is 0 Å². The lowest BCUT2D eigenvalue weighted by molar-refractivity contribution is -0.117. The van der Waals surface area contributed by atoms with E-state index in [2.05, 4.69) is 10.4 Å². The van der Waals surface area contributed by atoms with Gasteiger partial charge in [-0.1, -0.05) is 0 Å². The van der Waals surface area contributed by atoms with Crippen molar-refractivity contribution < 1.29 is 14.3 Å². The van der Waals surface area contributed by atoms with Crippen molar-refractivity contribution in [3.63, 3.8) is 0 Å². The molecule has 2 aromatic rings. The van der Waals surface area contributed by atoms with Crippen LogP contribution in [0.5, 0.6) is 5.75 Å². The number of rotatable bonds is 4. The first kappa shape index (κ1) is 16.7. The number of hydrogen-bond donors (Lipinski definition) is 1. The van der Waals surface area contributed by atoms with Crippen LogP contribution in [-0.2, 0) is 11.8 Å². The van der Waals surface area contributed by atoms with E-state index in [1.165, 1.54) is 26.3 Å². The number of anilines is 2.